The molecule has 0 bridgehead atoms. The van der Waals surface area contributed by atoms with Crippen molar-refractivity contribution in [2.45, 2.75) is 204 Å². The zero-order valence-corrected chi connectivity index (χ0v) is 35.5. The van der Waals surface area contributed by atoms with Crippen LogP contribution in [0.2, 0.25) is 0 Å². The maximum atomic E-state index is 12.2. The molecule has 0 radical (unpaired) electrons. The number of esters is 1. The standard InChI is InChI=1S/C43H70O15/c1-20(45)54-32-28(48)22(47)18-53-36(32)57-26-10-12-43-19-42(43)14-13-39(6)33(41(8)11-9-27(58-41)38(4,5)52)21(46)16-40(39,7)25(42)15-23(34(43)37(26,2)3)55-35-31(51)30(50)29(49)24(17-44)56-35/h21-36,44,46-52H,9-19H2,1-8H3/t21?,22-,23?,24?,25?,26?,27?,28-,29-,30-,31?,32?,33?,34?,35-,36+,39?,40+,41-,42?,43?/m1/s1. The second-order valence-electron chi connectivity index (χ2n) is 21.6. The van der Waals surface area contributed by atoms with Gasteiger partial charge in [0.1, 0.15) is 36.6 Å². The number of rotatable bonds is 8. The van der Waals surface area contributed by atoms with Gasteiger partial charge in [-0.1, -0.05) is 27.7 Å². The van der Waals surface area contributed by atoms with Gasteiger partial charge in [0.2, 0.25) is 0 Å². The first kappa shape index (κ1) is 43.6. The van der Waals surface area contributed by atoms with Gasteiger partial charge in [-0.05, 0) is 117 Å². The van der Waals surface area contributed by atoms with Crippen molar-refractivity contribution in [3.63, 3.8) is 0 Å². The highest BCUT2D eigenvalue weighted by molar-refractivity contribution is 5.66. The maximum absolute atomic E-state index is 12.2. The van der Waals surface area contributed by atoms with Gasteiger partial charge in [0.05, 0.1) is 48.8 Å². The van der Waals surface area contributed by atoms with Crippen LogP contribution in [0.15, 0.2) is 0 Å². The van der Waals surface area contributed by atoms with E-state index >= 15 is 0 Å². The molecule has 3 heterocycles. The van der Waals surface area contributed by atoms with E-state index in [9.17, 15) is 45.6 Å². The van der Waals surface area contributed by atoms with Crippen molar-refractivity contribution in [1.29, 1.82) is 0 Å². The van der Waals surface area contributed by atoms with E-state index < -0.39 is 103 Å². The number of aliphatic hydroxyl groups excluding tert-OH is 7. The number of fused-ring (bicyclic) bond motifs is 2. The molecule has 332 valence electrons. The van der Waals surface area contributed by atoms with Gasteiger partial charge in [-0.3, -0.25) is 4.79 Å². The summed E-state index contributed by atoms with van der Waals surface area (Å²) in [6, 6.07) is 0. The average molecular weight is 827 g/mol. The van der Waals surface area contributed by atoms with Crippen molar-refractivity contribution in [2.75, 3.05) is 13.2 Å². The van der Waals surface area contributed by atoms with Crippen LogP contribution < -0.4 is 0 Å². The van der Waals surface area contributed by atoms with Gasteiger partial charge in [-0.2, -0.15) is 0 Å². The lowest BCUT2D eigenvalue weighted by atomic mass is 9.41. The molecule has 8 rings (SSSR count). The summed E-state index contributed by atoms with van der Waals surface area (Å²) >= 11 is 0. The smallest absolute Gasteiger partial charge is 0.303 e. The van der Waals surface area contributed by atoms with E-state index in [2.05, 4.69) is 34.6 Å². The SMILES string of the molecule is CC(=O)OC1[C@H](OC2CCC34CC35CCC3(C)C([C@@]6(C)CCC(C(C)(C)O)O6)C(O)C[C@@]3(C)C5CC(O[C@@H]3OC(CO)[C@@H](O)[C@@H](O)C3O)C4C2(C)C)OC[C@@H](O)[C@H]1O. The summed E-state index contributed by atoms with van der Waals surface area (Å²) in [4.78, 5) is 12.1. The molecule has 21 atom stereocenters. The molecule has 13 unspecified atom stereocenters. The zero-order chi connectivity index (χ0) is 42.3. The number of carbonyl (C=O) groups is 1. The average Bonchev–Trinajstić information content (AvgIpc) is 3.50. The fourth-order valence-electron chi connectivity index (χ4n) is 15.2. The van der Waals surface area contributed by atoms with Crippen LogP contribution in [0.4, 0.5) is 0 Å². The number of aliphatic hydroxyl groups is 8. The molecule has 8 N–H and O–H groups in total. The minimum atomic E-state index is -1.62. The van der Waals surface area contributed by atoms with E-state index in [1.54, 1.807) is 13.8 Å². The number of hydrogen-bond donors (Lipinski definition) is 8. The first-order valence-corrected chi connectivity index (χ1v) is 21.8. The molecule has 8 fully saturated rings. The van der Waals surface area contributed by atoms with Gasteiger partial charge in [0, 0.05) is 12.8 Å². The normalized spacial score (nSPS) is 56.1. The lowest BCUT2D eigenvalue weighted by Gasteiger charge is -2.65. The molecule has 0 amide bonds. The summed E-state index contributed by atoms with van der Waals surface area (Å²) in [5, 5.41) is 87.3. The summed E-state index contributed by atoms with van der Waals surface area (Å²) in [5.74, 6) is -0.931. The van der Waals surface area contributed by atoms with E-state index in [1.807, 2.05) is 0 Å². The predicted octanol–water partition coefficient (Wildman–Crippen LogP) is 1.29. The third kappa shape index (κ3) is 6.17. The van der Waals surface area contributed by atoms with Crippen LogP contribution in [0, 0.1) is 44.8 Å². The van der Waals surface area contributed by atoms with Crippen LogP contribution in [0.5, 0.6) is 0 Å². The second-order valence-corrected chi connectivity index (χ2v) is 21.6. The lowest BCUT2D eigenvalue weighted by molar-refractivity contribution is -0.339. The topological polar surface area (TPSA) is 234 Å². The third-order valence-corrected chi connectivity index (χ3v) is 17.9. The van der Waals surface area contributed by atoms with Crippen LogP contribution in [0.1, 0.15) is 113 Å². The summed E-state index contributed by atoms with van der Waals surface area (Å²) in [7, 11) is 0. The Balaban J connectivity index is 1.15. The Kier molecular flexibility index (Phi) is 10.7. The largest absolute Gasteiger partial charge is 0.454 e. The summed E-state index contributed by atoms with van der Waals surface area (Å²) in [5.41, 5.74) is -3.32. The zero-order valence-electron chi connectivity index (χ0n) is 35.5. The third-order valence-electron chi connectivity index (χ3n) is 17.9. The number of hydrogen-bond acceptors (Lipinski definition) is 15. The van der Waals surface area contributed by atoms with E-state index in [4.69, 9.17) is 28.4 Å². The molecule has 8 aliphatic rings. The monoisotopic (exact) mass is 826 g/mol. The molecular weight excluding hydrogens is 756 g/mol. The van der Waals surface area contributed by atoms with Crippen molar-refractivity contribution in [2.24, 2.45) is 44.8 Å². The molecule has 15 nitrogen and oxygen atoms in total. The molecular formula is C43H70O15. The second kappa shape index (κ2) is 14.2. The summed E-state index contributed by atoms with van der Waals surface area (Å²) < 4.78 is 37.8. The Morgan fingerprint density at radius 3 is 2.14 bits per heavy atom. The van der Waals surface area contributed by atoms with E-state index in [-0.39, 0.29) is 52.1 Å². The first-order valence-electron chi connectivity index (χ1n) is 21.8. The van der Waals surface area contributed by atoms with Crippen LogP contribution >= 0.6 is 0 Å². The Morgan fingerprint density at radius 1 is 0.793 bits per heavy atom. The molecule has 0 aromatic heterocycles. The summed E-state index contributed by atoms with van der Waals surface area (Å²) in [6.07, 6.45) is -7.66. The van der Waals surface area contributed by atoms with Gasteiger partial charge >= 0.3 is 5.97 Å². The molecule has 0 aromatic rings. The van der Waals surface area contributed by atoms with Gasteiger partial charge < -0.3 is 69.3 Å². The van der Waals surface area contributed by atoms with Gasteiger partial charge in [-0.25, -0.2) is 0 Å². The van der Waals surface area contributed by atoms with Crippen molar-refractivity contribution >= 4 is 5.97 Å². The number of ether oxygens (including phenoxy) is 6. The Morgan fingerprint density at radius 2 is 1.50 bits per heavy atom. The van der Waals surface area contributed by atoms with Crippen LogP contribution in [-0.2, 0) is 33.2 Å². The molecule has 3 saturated heterocycles. The quantitative estimate of drug-likeness (QED) is 0.127. The molecule has 2 spiro atoms. The van der Waals surface area contributed by atoms with Crippen molar-refractivity contribution in [1.82, 2.24) is 0 Å². The van der Waals surface area contributed by atoms with Crippen molar-refractivity contribution in [3.8, 4) is 0 Å². The maximum Gasteiger partial charge on any atom is 0.303 e. The Hall–Kier alpha value is -1.05. The highest BCUT2D eigenvalue weighted by Gasteiger charge is 2.85. The fraction of sp³-hybridized carbons (Fsp3) is 0.977. The van der Waals surface area contributed by atoms with Gasteiger partial charge in [-0.15, -0.1) is 0 Å². The van der Waals surface area contributed by atoms with Gasteiger partial charge in [0.15, 0.2) is 18.7 Å². The van der Waals surface area contributed by atoms with Crippen molar-refractivity contribution < 1.29 is 74.1 Å². The fourth-order valence-corrected chi connectivity index (χ4v) is 15.2. The highest BCUT2D eigenvalue weighted by atomic mass is 16.7. The Labute approximate surface area is 341 Å². The van der Waals surface area contributed by atoms with Crippen LogP contribution in [0.3, 0.4) is 0 Å². The lowest BCUT2D eigenvalue weighted by Crippen LogP contribution is -2.65. The van der Waals surface area contributed by atoms with E-state index in [0.717, 1.165) is 32.1 Å². The van der Waals surface area contributed by atoms with Gasteiger partial charge in [0.25, 0.3) is 0 Å². The van der Waals surface area contributed by atoms with Crippen LogP contribution in [-0.4, -0.2) is 151 Å². The van der Waals surface area contributed by atoms with E-state index in [1.165, 1.54) is 6.92 Å². The molecule has 15 heteroatoms. The minimum absolute atomic E-state index is 0.0829. The highest BCUT2D eigenvalue weighted by Crippen LogP contribution is 2.89. The molecule has 0 aromatic carbocycles. The minimum Gasteiger partial charge on any atom is -0.454 e. The number of carbonyl (C=O) groups excluding carboxylic acids is 1. The van der Waals surface area contributed by atoms with Crippen LogP contribution in [0.25, 0.3) is 0 Å². The first-order chi connectivity index (χ1) is 26.9. The Bertz CT molecular complexity index is 1570. The molecule has 3 aliphatic heterocycles. The molecule has 58 heavy (non-hydrogen) atoms. The summed E-state index contributed by atoms with van der Waals surface area (Å²) in [6.45, 7) is 15.0. The van der Waals surface area contributed by atoms with E-state index in [0.29, 0.717) is 25.7 Å². The predicted molar refractivity (Wildman–Crippen MR) is 203 cm³/mol. The van der Waals surface area contributed by atoms with Crippen molar-refractivity contribution in [3.05, 3.63) is 0 Å². The molecule has 5 aliphatic carbocycles. The molecule has 5 saturated carbocycles.